The number of hydrogen-bond donors (Lipinski definition) is 1. The first kappa shape index (κ1) is 14.2. The first-order chi connectivity index (χ1) is 9.20. The van der Waals surface area contributed by atoms with Gasteiger partial charge in [0, 0.05) is 30.9 Å². The van der Waals surface area contributed by atoms with Gasteiger partial charge in [-0.05, 0) is 44.9 Å². The molecule has 3 heteroatoms. The molecule has 19 heavy (non-hydrogen) atoms. The number of benzene rings is 1. The highest BCUT2D eigenvalue weighted by atomic mass is 16.5. The van der Waals surface area contributed by atoms with Gasteiger partial charge < -0.3 is 15.0 Å². The van der Waals surface area contributed by atoms with Gasteiger partial charge in [0.25, 0.3) is 0 Å². The van der Waals surface area contributed by atoms with Crippen molar-refractivity contribution in [1.29, 1.82) is 0 Å². The zero-order chi connectivity index (χ0) is 13.7. The number of nitrogens with one attached hydrogen (secondary N) is 1. The molecule has 2 unspecified atom stereocenters. The van der Waals surface area contributed by atoms with Crippen LogP contribution in [0.1, 0.15) is 32.6 Å². The number of ether oxygens (including phenoxy) is 1. The molecule has 0 spiro atoms. The lowest BCUT2D eigenvalue weighted by molar-refractivity contribution is 0.362. The van der Waals surface area contributed by atoms with E-state index in [0.29, 0.717) is 12.1 Å². The lowest BCUT2D eigenvalue weighted by Crippen LogP contribution is -2.40. The van der Waals surface area contributed by atoms with Crippen molar-refractivity contribution in [2.24, 2.45) is 0 Å². The maximum atomic E-state index is 5.30. The van der Waals surface area contributed by atoms with E-state index in [2.05, 4.69) is 42.4 Å². The fourth-order valence-electron chi connectivity index (χ4n) is 2.78. The SMILES string of the molecule is COc1cccc(N(C)C(C)CC2CCCCN2)c1. The number of nitrogens with zero attached hydrogens (tertiary/aromatic N) is 1. The largest absolute Gasteiger partial charge is 0.497 e. The molecular formula is C16H26N2O. The Balaban J connectivity index is 1.95. The maximum Gasteiger partial charge on any atom is 0.120 e. The molecule has 0 radical (unpaired) electrons. The van der Waals surface area contributed by atoms with Crippen molar-refractivity contribution in [1.82, 2.24) is 5.32 Å². The second kappa shape index (κ2) is 6.80. The summed E-state index contributed by atoms with van der Waals surface area (Å²) in [4.78, 5) is 2.35. The minimum Gasteiger partial charge on any atom is -0.497 e. The minimum atomic E-state index is 0.530. The van der Waals surface area contributed by atoms with Crippen LogP contribution in [-0.2, 0) is 0 Å². The first-order valence-electron chi connectivity index (χ1n) is 7.31. The molecule has 0 aliphatic carbocycles. The number of rotatable bonds is 5. The summed E-state index contributed by atoms with van der Waals surface area (Å²) < 4.78 is 5.30. The molecule has 3 nitrogen and oxygen atoms in total. The van der Waals surface area contributed by atoms with Gasteiger partial charge in [-0.15, -0.1) is 0 Å². The Morgan fingerprint density at radius 1 is 1.42 bits per heavy atom. The summed E-state index contributed by atoms with van der Waals surface area (Å²) >= 11 is 0. The second-order valence-corrected chi connectivity index (χ2v) is 5.54. The van der Waals surface area contributed by atoms with E-state index in [1.165, 1.54) is 37.9 Å². The molecule has 2 rings (SSSR count). The molecule has 2 atom stereocenters. The smallest absolute Gasteiger partial charge is 0.120 e. The van der Waals surface area contributed by atoms with Crippen molar-refractivity contribution in [3.63, 3.8) is 0 Å². The molecule has 1 heterocycles. The summed E-state index contributed by atoms with van der Waals surface area (Å²) in [6, 6.07) is 9.50. The fourth-order valence-corrected chi connectivity index (χ4v) is 2.78. The Hall–Kier alpha value is -1.22. The quantitative estimate of drug-likeness (QED) is 0.882. The third-order valence-electron chi connectivity index (χ3n) is 4.16. The van der Waals surface area contributed by atoms with Gasteiger partial charge in [-0.1, -0.05) is 12.5 Å². The Morgan fingerprint density at radius 3 is 2.95 bits per heavy atom. The molecule has 0 saturated carbocycles. The molecule has 1 aliphatic heterocycles. The van der Waals surface area contributed by atoms with E-state index in [4.69, 9.17) is 4.74 Å². The van der Waals surface area contributed by atoms with Crippen molar-refractivity contribution in [2.45, 2.75) is 44.7 Å². The van der Waals surface area contributed by atoms with E-state index < -0.39 is 0 Å². The van der Waals surface area contributed by atoms with Crippen LogP contribution < -0.4 is 15.0 Å². The van der Waals surface area contributed by atoms with Gasteiger partial charge in [0.1, 0.15) is 5.75 Å². The predicted octanol–water partition coefficient (Wildman–Crippen LogP) is 3.05. The molecule has 1 saturated heterocycles. The highest BCUT2D eigenvalue weighted by Gasteiger charge is 2.18. The van der Waals surface area contributed by atoms with Gasteiger partial charge >= 0.3 is 0 Å². The molecule has 0 amide bonds. The molecular weight excluding hydrogens is 236 g/mol. The summed E-state index contributed by atoms with van der Waals surface area (Å²) in [6.45, 7) is 3.48. The van der Waals surface area contributed by atoms with Gasteiger partial charge in [-0.25, -0.2) is 0 Å². The summed E-state index contributed by atoms with van der Waals surface area (Å²) in [5, 5.41) is 3.63. The van der Waals surface area contributed by atoms with E-state index >= 15 is 0 Å². The molecule has 1 fully saturated rings. The predicted molar refractivity (Wildman–Crippen MR) is 81.1 cm³/mol. The van der Waals surface area contributed by atoms with Crippen molar-refractivity contribution in [3.8, 4) is 5.75 Å². The van der Waals surface area contributed by atoms with Gasteiger partial charge in [-0.3, -0.25) is 0 Å². The van der Waals surface area contributed by atoms with E-state index in [1.54, 1.807) is 7.11 Å². The molecule has 0 aromatic heterocycles. The summed E-state index contributed by atoms with van der Waals surface area (Å²) in [6.07, 6.45) is 5.22. The van der Waals surface area contributed by atoms with Crippen LogP contribution in [0.2, 0.25) is 0 Å². The third kappa shape index (κ3) is 3.87. The number of methoxy groups -OCH3 is 1. The lowest BCUT2D eigenvalue weighted by atomic mass is 9.98. The summed E-state index contributed by atoms with van der Waals surface area (Å²) in [5.41, 5.74) is 1.22. The molecule has 1 aliphatic rings. The van der Waals surface area contributed by atoms with Crippen LogP contribution in [0.15, 0.2) is 24.3 Å². The number of hydrogen-bond acceptors (Lipinski definition) is 3. The van der Waals surface area contributed by atoms with Crippen LogP contribution in [0.3, 0.4) is 0 Å². The van der Waals surface area contributed by atoms with E-state index in [0.717, 1.165) is 5.75 Å². The van der Waals surface area contributed by atoms with Crippen LogP contribution in [0.5, 0.6) is 5.75 Å². The normalized spacial score (nSPS) is 20.9. The van der Waals surface area contributed by atoms with Gasteiger partial charge in [-0.2, -0.15) is 0 Å². The molecule has 106 valence electrons. The standard InChI is InChI=1S/C16H26N2O/c1-13(11-14-7-4-5-10-17-14)18(2)15-8-6-9-16(12-15)19-3/h6,8-9,12-14,17H,4-5,7,10-11H2,1-3H3. The Bertz CT molecular complexity index is 388. The van der Waals surface area contributed by atoms with Crippen LogP contribution in [-0.4, -0.2) is 32.8 Å². The first-order valence-corrected chi connectivity index (χ1v) is 7.31. The lowest BCUT2D eigenvalue weighted by Gasteiger charge is -2.32. The minimum absolute atomic E-state index is 0.530. The highest BCUT2D eigenvalue weighted by Crippen LogP contribution is 2.23. The summed E-state index contributed by atoms with van der Waals surface area (Å²) in [5.74, 6) is 0.923. The van der Waals surface area contributed by atoms with E-state index in [9.17, 15) is 0 Å². The molecule has 0 bridgehead atoms. The monoisotopic (exact) mass is 262 g/mol. The number of piperidine rings is 1. The Morgan fingerprint density at radius 2 is 2.26 bits per heavy atom. The van der Waals surface area contributed by atoms with Crippen molar-refractivity contribution < 1.29 is 4.74 Å². The molecule has 1 aromatic carbocycles. The van der Waals surface area contributed by atoms with Crippen LogP contribution in [0.4, 0.5) is 5.69 Å². The second-order valence-electron chi connectivity index (χ2n) is 5.54. The molecule has 1 aromatic rings. The molecule has 1 N–H and O–H groups in total. The Labute approximate surface area is 116 Å². The topological polar surface area (TPSA) is 24.5 Å². The van der Waals surface area contributed by atoms with Gasteiger partial charge in [0.2, 0.25) is 0 Å². The van der Waals surface area contributed by atoms with Crippen LogP contribution >= 0.6 is 0 Å². The Kier molecular flexibility index (Phi) is 5.08. The average molecular weight is 262 g/mol. The number of anilines is 1. The maximum absolute atomic E-state index is 5.30. The van der Waals surface area contributed by atoms with Gasteiger partial charge in [0.05, 0.1) is 7.11 Å². The summed E-state index contributed by atoms with van der Waals surface area (Å²) in [7, 11) is 3.89. The zero-order valence-corrected chi connectivity index (χ0v) is 12.4. The fraction of sp³-hybridized carbons (Fsp3) is 0.625. The third-order valence-corrected chi connectivity index (χ3v) is 4.16. The van der Waals surface area contributed by atoms with Crippen molar-refractivity contribution in [3.05, 3.63) is 24.3 Å². The zero-order valence-electron chi connectivity index (χ0n) is 12.4. The highest BCUT2D eigenvalue weighted by molar-refractivity contribution is 5.50. The van der Waals surface area contributed by atoms with Crippen LogP contribution in [0.25, 0.3) is 0 Å². The van der Waals surface area contributed by atoms with Crippen molar-refractivity contribution >= 4 is 5.69 Å². The van der Waals surface area contributed by atoms with E-state index in [-0.39, 0.29) is 0 Å². The van der Waals surface area contributed by atoms with Gasteiger partial charge in [0.15, 0.2) is 0 Å². The van der Waals surface area contributed by atoms with Crippen LogP contribution in [0, 0.1) is 0 Å². The average Bonchev–Trinajstić information content (AvgIpc) is 2.47. The van der Waals surface area contributed by atoms with E-state index in [1.807, 2.05) is 6.07 Å². The van der Waals surface area contributed by atoms with Crippen molar-refractivity contribution in [2.75, 3.05) is 25.6 Å².